The van der Waals surface area contributed by atoms with Crippen LogP contribution in [0.15, 0.2) is 42.5 Å². The largest absolute Gasteiger partial charge is 0.298 e. The summed E-state index contributed by atoms with van der Waals surface area (Å²) in [6, 6.07) is 12.7. The quantitative estimate of drug-likeness (QED) is 0.294. The summed E-state index contributed by atoms with van der Waals surface area (Å²) in [7, 11) is -4.78. The van der Waals surface area contributed by atoms with Crippen LogP contribution in [0, 0.1) is 41.5 Å². The van der Waals surface area contributed by atoms with Crippen molar-refractivity contribution >= 4 is 23.7 Å². The second kappa shape index (κ2) is 10.5. The van der Waals surface area contributed by atoms with E-state index in [1.807, 2.05) is 64.1 Å². The fraction of sp³-hybridized carbons (Fsp3) is 0.323. The molecule has 0 aliphatic heterocycles. The van der Waals surface area contributed by atoms with Crippen LogP contribution in [0.5, 0.6) is 0 Å². The Hall–Kier alpha value is -3.10. The number of benzene rings is 3. The zero-order valence-electron chi connectivity index (χ0n) is 22.5. The summed E-state index contributed by atoms with van der Waals surface area (Å²) in [5.41, 5.74) is 3.83. The Morgan fingerprint density at radius 3 is 1.39 bits per heavy atom. The summed E-state index contributed by atoms with van der Waals surface area (Å²) in [6.07, 6.45) is 1.18. The van der Waals surface area contributed by atoms with E-state index in [0.717, 1.165) is 16.7 Å². The first kappa shape index (κ1) is 27.5. The summed E-state index contributed by atoms with van der Waals surface area (Å²) in [6.45, 7) is 14.7. The zero-order chi connectivity index (χ0) is 26.9. The number of carbonyl (C=O) groups excluding carboxylic acids is 3. The minimum absolute atomic E-state index is 0.192. The van der Waals surface area contributed by atoms with Gasteiger partial charge in [0.2, 0.25) is 16.6 Å². The number of carbonyl (C=O) groups is 3. The van der Waals surface area contributed by atoms with E-state index in [4.69, 9.17) is 0 Å². The summed E-state index contributed by atoms with van der Waals surface area (Å²) < 4.78 is 14.9. The van der Waals surface area contributed by atoms with E-state index in [1.54, 1.807) is 33.8 Å². The van der Waals surface area contributed by atoms with E-state index in [-0.39, 0.29) is 16.7 Å². The second-order valence-electron chi connectivity index (χ2n) is 9.77. The Labute approximate surface area is 214 Å². The van der Waals surface area contributed by atoms with Crippen LogP contribution in [0.1, 0.15) is 89.4 Å². The Kier molecular flexibility index (Phi) is 8.00. The molecule has 0 aliphatic carbocycles. The highest BCUT2D eigenvalue weighted by molar-refractivity contribution is 8.07. The van der Waals surface area contributed by atoms with Crippen LogP contribution in [-0.4, -0.2) is 16.6 Å². The molecule has 5 heteroatoms. The van der Waals surface area contributed by atoms with Gasteiger partial charge in [-0.05, 0) is 93.8 Å². The molecule has 3 rings (SSSR count). The van der Waals surface area contributed by atoms with Gasteiger partial charge in [0, 0.05) is 16.7 Å². The molecule has 188 valence electrons. The number of hydrogen-bond acceptors (Lipinski definition) is 4. The molecule has 0 aliphatic rings. The first-order valence-electron chi connectivity index (χ1n) is 12.4. The van der Waals surface area contributed by atoms with E-state index >= 15 is 0 Å². The molecule has 0 radical (unpaired) electrons. The van der Waals surface area contributed by atoms with Crippen LogP contribution in [0.3, 0.4) is 0 Å². The maximum Gasteiger partial charge on any atom is 0.287 e. The molecule has 3 aromatic rings. The van der Waals surface area contributed by atoms with Crippen molar-refractivity contribution in [3.8, 4) is 0 Å². The molecule has 0 heterocycles. The molecule has 0 fully saturated rings. The highest BCUT2D eigenvalue weighted by atomic mass is 31.2. The highest BCUT2D eigenvalue weighted by Crippen LogP contribution is 2.56. The minimum Gasteiger partial charge on any atom is -0.298 e. The first-order chi connectivity index (χ1) is 16.9. The molecule has 4 nitrogen and oxygen atoms in total. The average Bonchev–Trinajstić information content (AvgIpc) is 2.81. The molecule has 0 atom stereocenters. The monoisotopic (exact) mass is 502 g/mol. The predicted octanol–water partition coefficient (Wildman–Crippen LogP) is 7.85. The van der Waals surface area contributed by atoms with Crippen molar-refractivity contribution in [1.29, 1.82) is 0 Å². The second-order valence-corrected chi connectivity index (χ2v) is 12.2. The molecular weight excluding hydrogens is 467 g/mol. The summed E-state index contributed by atoms with van der Waals surface area (Å²) in [5.74, 6) is 0. The van der Waals surface area contributed by atoms with Crippen molar-refractivity contribution in [2.45, 2.75) is 68.2 Å². The molecule has 0 unspecified atom stereocenters. The predicted molar refractivity (Wildman–Crippen MR) is 147 cm³/mol. The SMILES string of the molecule is CCc1ccc(CC)c(C(=O)P(=O)(C(=O)c2c(C)cc(C)cc2C)C(=O)c2c(C)cc(C)cc2C)c1. The average molecular weight is 503 g/mol. The van der Waals surface area contributed by atoms with Crippen molar-refractivity contribution < 1.29 is 18.9 Å². The molecule has 0 N–H and O–H groups in total. The third kappa shape index (κ3) is 4.80. The van der Waals surface area contributed by atoms with Crippen molar-refractivity contribution in [3.05, 3.63) is 104 Å². The van der Waals surface area contributed by atoms with Gasteiger partial charge in [-0.3, -0.25) is 18.9 Å². The van der Waals surface area contributed by atoms with Crippen LogP contribution in [0.25, 0.3) is 0 Å². The van der Waals surface area contributed by atoms with Gasteiger partial charge < -0.3 is 0 Å². The molecule has 0 saturated carbocycles. The van der Waals surface area contributed by atoms with Crippen molar-refractivity contribution in [1.82, 2.24) is 0 Å². The lowest BCUT2D eigenvalue weighted by Crippen LogP contribution is -2.22. The van der Waals surface area contributed by atoms with Gasteiger partial charge in [-0.1, -0.05) is 61.4 Å². The first-order valence-corrected chi connectivity index (χ1v) is 14.1. The molecular formula is C31H35O4P. The van der Waals surface area contributed by atoms with E-state index in [2.05, 4.69) is 0 Å². The molecule has 0 amide bonds. The summed E-state index contributed by atoms with van der Waals surface area (Å²) in [5, 5.41) is 0. The van der Waals surface area contributed by atoms with Crippen molar-refractivity contribution in [3.63, 3.8) is 0 Å². The number of hydrogen-bond donors (Lipinski definition) is 0. The summed E-state index contributed by atoms with van der Waals surface area (Å²) >= 11 is 0. The maximum atomic E-state index is 14.9. The Balaban J connectivity index is 2.38. The van der Waals surface area contributed by atoms with Gasteiger partial charge in [-0.15, -0.1) is 0 Å². The Morgan fingerprint density at radius 2 is 1.03 bits per heavy atom. The van der Waals surface area contributed by atoms with Gasteiger partial charge in [0.25, 0.3) is 7.14 Å². The van der Waals surface area contributed by atoms with Crippen LogP contribution < -0.4 is 0 Å². The lowest BCUT2D eigenvalue weighted by atomic mass is 10.0. The fourth-order valence-electron chi connectivity index (χ4n) is 5.15. The molecule has 3 aromatic carbocycles. The third-order valence-corrected chi connectivity index (χ3v) is 9.24. The van der Waals surface area contributed by atoms with E-state index in [0.29, 0.717) is 40.7 Å². The smallest absolute Gasteiger partial charge is 0.287 e. The molecule has 0 spiro atoms. The molecule has 0 bridgehead atoms. The third-order valence-electron chi connectivity index (χ3n) is 6.83. The highest BCUT2D eigenvalue weighted by Gasteiger charge is 2.50. The van der Waals surface area contributed by atoms with Crippen molar-refractivity contribution in [2.24, 2.45) is 0 Å². The fourth-order valence-corrected chi connectivity index (χ4v) is 7.58. The number of aryl methyl sites for hydroxylation is 8. The number of rotatable bonds is 8. The van der Waals surface area contributed by atoms with Gasteiger partial charge in [-0.2, -0.15) is 0 Å². The Bertz CT molecular complexity index is 1330. The van der Waals surface area contributed by atoms with Gasteiger partial charge in [0.15, 0.2) is 0 Å². The zero-order valence-corrected chi connectivity index (χ0v) is 23.4. The molecule has 0 saturated heterocycles. The summed E-state index contributed by atoms with van der Waals surface area (Å²) in [4.78, 5) is 42.6. The minimum atomic E-state index is -4.78. The van der Waals surface area contributed by atoms with E-state index in [9.17, 15) is 18.9 Å². The van der Waals surface area contributed by atoms with Gasteiger partial charge in [0.05, 0.1) is 0 Å². The van der Waals surface area contributed by atoms with Crippen LogP contribution in [0.4, 0.5) is 0 Å². The normalized spacial score (nSPS) is 11.4. The maximum absolute atomic E-state index is 14.9. The van der Waals surface area contributed by atoms with E-state index in [1.165, 1.54) is 0 Å². The lowest BCUT2D eigenvalue weighted by molar-refractivity contribution is 0.100. The van der Waals surface area contributed by atoms with Gasteiger partial charge in [0.1, 0.15) is 0 Å². The standard InChI is InChI=1S/C31H35O4P/c1-9-24-11-12-25(10-2)26(17-24)29(32)36(35,30(33)27-20(5)13-18(3)14-21(27)6)31(34)28-22(7)15-19(4)16-23(28)8/h11-17H,9-10H2,1-8H3. The topological polar surface area (TPSA) is 68.3 Å². The van der Waals surface area contributed by atoms with Crippen LogP contribution >= 0.6 is 7.14 Å². The molecule has 0 aromatic heterocycles. The molecule has 36 heavy (non-hydrogen) atoms. The van der Waals surface area contributed by atoms with Crippen LogP contribution in [0.2, 0.25) is 0 Å². The van der Waals surface area contributed by atoms with Crippen LogP contribution in [-0.2, 0) is 17.4 Å². The van der Waals surface area contributed by atoms with Crippen molar-refractivity contribution in [2.75, 3.05) is 0 Å². The van der Waals surface area contributed by atoms with E-state index < -0.39 is 23.7 Å². The lowest BCUT2D eigenvalue weighted by Gasteiger charge is -2.21. The Morgan fingerprint density at radius 1 is 0.611 bits per heavy atom. The van der Waals surface area contributed by atoms with Gasteiger partial charge in [-0.25, -0.2) is 0 Å². The van der Waals surface area contributed by atoms with Gasteiger partial charge >= 0.3 is 0 Å².